The van der Waals surface area contributed by atoms with Crippen LogP contribution in [0.15, 0.2) is 41.9 Å². The van der Waals surface area contributed by atoms with E-state index < -0.39 is 11.6 Å². The van der Waals surface area contributed by atoms with Gasteiger partial charge in [-0.2, -0.15) is 0 Å². The molecule has 1 aliphatic rings. The van der Waals surface area contributed by atoms with Crippen molar-refractivity contribution in [3.05, 3.63) is 47.5 Å². The van der Waals surface area contributed by atoms with Crippen LogP contribution in [-0.2, 0) is 10.3 Å². The second kappa shape index (κ2) is 4.85. The van der Waals surface area contributed by atoms with Crippen LogP contribution in [-0.4, -0.2) is 21.9 Å². The van der Waals surface area contributed by atoms with Crippen molar-refractivity contribution in [2.45, 2.75) is 12.5 Å². The third-order valence-corrected chi connectivity index (χ3v) is 4.83. The van der Waals surface area contributed by atoms with E-state index in [4.69, 9.17) is 0 Å². The molecule has 2 aromatic heterocycles. The standard InChI is InChI=1S/C16H12N4O2S/c1-16(14(21)19-15(22)20-16)9-4-5-10-11(7-9)17-8-12(18-10)13-3-2-6-23-13/h2-8H,1H3,(H2,19,20,21,22). The summed E-state index contributed by atoms with van der Waals surface area (Å²) >= 11 is 1.61. The minimum absolute atomic E-state index is 0.370. The molecule has 114 valence electrons. The topological polar surface area (TPSA) is 84.0 Å². The van der Waals surface area contributed by atoms with Gasteiger partial charge in [-0.1, -0.05) is 12.1 Å². The fraction of sp³-hybridized carbons (Fsp3) is 0.125. The van der Waals surface area contributed by atoms with Crippen LogP contribution < -0.4 is 10.6 Å². The van der Waals surface area contributed by atoms with Crippen molar-refractivity contribution in [2.24, 2.45) is 0 Å². The Balaban J connectivity index is 1.79. The summed E-state index contributed by atoms with van der Waals surface area (Å²) in [5, 5.41) is 6.90. The van der Waals surface area contributed by atoms with Gasteiger partial charge in [0, 0.05) is 0 Å². The molecule has 0 radical (unpaired) electrons. The normalized spacial score (nSPS) is 20.6. The Morgan fingerprint density at radius 2 is 2.04 bits per heavy atom. The number of benzene rings is 1. The van der Waals surface area contributed by atoms with E-state index in [0.717, 1.165) is 16.1 Å². The molecule has 0 aliphatic carbocycles. The number of thiophene rings is 1. The second-order valence-corrected chi connectivity index (χ2v) is 6.42. The predicted molar refractivity (Wildman–Crippen MR) is 86.9 cm³/mol. The summed E-state index contributed by atoms with van der Waals surface area (Å²) in [6, 6.07) is 8.87. The molecule has 1 unspecified atom stereocenters. The summed E-state index contributed by atoms with van der Waals surface area (Å²) < 4.78 is 0. The average molecular weight is 324 g/mol. The van der Waals surface area contributed by atoms with E-state index in [0.29, 0.717) is 11.1 Å². The van der Waals surface area contributed by atoms with Crippen molar-refractivity contribution in [2.75, 3.05) is 0 Å². The molecule has 1 atom stereocenters. The lowest BCUT2D eigenvalue weighted by Gasteiger charge is -2.21. The fourth-order valence-electron chi connectivity index (χ4n) is 2.61. The number of hydrogen-bond donors (Lipinski definition) is 2. The van der Waals surface area contributed by atoms with Gasteiger partial charge in [-0.15, -0.1) is 11.3 Å². The van der Waals surface area contributed by atoms with Crippen molar-refractivity contribution < 1.29 is 9.59 Å². The monoisotopic (exact) mass is 324 g/mol. The number of carbonyl (C=O) groups excluding carboxylic acids is 2. The maximum atomic E-state index is 12.0. The minimum Gasteiger partial charge on any atom is -0.320 e. The Morgan fingerprint density at radius 1 is 1.17 bits per heavy atom. The Labute approximate surface area is 135 Å². The summed E-state index contributed by atoms with van der Waals surface area (Å²) in [5.41, 5.74) is 1.83. The number of nitrogens with one attached hydrogen (secondary N) is 2. The number of amides is 3. The number of aromatic nitrogens is 2. The maximum Gasteiger partial charge on any atom is 0.322 e. The molecule has 0 saturated carbocycles. The first-order chi connectivity index (χ1) is 11.1. The van der Waals surface area contributed by atoms with Crippen molar-refractivity contribution in [3.8, 4) is 10.6 Å². The van der Waals surface area contributed by atoms with Crippen LogP contribution >= 0.6 is 11.3 Å². The Bertz CT molecular complexity index is 938. The van der Waals surface area contributed by atoms with Crippen molar-refractivity contribution >= 4 is 34.3 Å². The van der Waals surface area contributed by atoms with Gasteiger partial charge in [-0.25, -0.2) is 9.78 Å². The summed E-state index contributed by atoms with van der Waals surface area (Å²) in [4.78, 5) is 33.5. The van der Waals surface area contributed by atoms with Gasteiger partial charge in [0.05, 0.1) is 27.8 Å². The highest BCUT2D eigenvalue weighted by Gasteiger charge is 2.43. The van der Waals surface area contributed by atoms with Gasteiger partial charge in [0.25, 0.3) is 5.91 Å². The second-order valence-electron chi connectivity index (χ2n) is 5.47. The Kier molecular flexibility index (Phi) is 2.92. The van der Waals surface area contributed by atoms with E-state index in [1.807, 2.05) is 23.6 Å². The summed E-state index contributed by atoms with van der Waals surface area (Å²) in [6.07, 6.45) is 1.72. The summed E-state index contributed by atoms with van der Waals surface area (Å²) in [7, 11) is 0. The predicted octanol–water partition coefficient (Wildman–Crippen LogP) is 2.41. The largest absolute Gasteiger partial charge is 0.322 e. The highest BCUT2D eigenvalue weighted by molar-refractivity contribution is 7.13. The molecule has 3 heterocycles. The van der Waals surface area contributed by atoms with E-state index in [1.54, 1.807) is 36.6 Å². The molecule has 1 fully saturated rings. The first-order valence-electron chi connectivity index (χ1n) is 7.01. The van der Waals surface area contributed by atoms with Crippen LogP contribution in [0.3, 0.4) is 0 Å². The van der Waals surface area contributed by atoms with Crippen molar-refractivity contribution in [3.63, 3.8) is 0 Å². The molecule has 0 spiro atoms. The van der Waals surface area contributed by atoms with Gasteiger partial charge in [0.2, 0.25) is 0 Å². The van der Waals surface area contributed by atoms with Gasteiger partial charge in [0.1, 0.15) is 5.54 Å². The zero-order valence-electron chi connectivity index (χ0n) is 12.2. The summed E-state index contributed by atoms with van der Waals surface area (Å²) in [5.74, 6) is -0.370. The number of carbonyl (C=O) groups is 2. The average Bonchev–Trinajstić information content (AvgIpc) is 3.15. The van der Waals surface area contributed by atoms with Gasteiger partial charge in [-0.3, -0.25) is 15.1 Å². The molecular weight excluding hydrogens is 312 g/mol. The zero-order chi connectivity index (χ0) is 16.0. The van der Waals surface area contributed by atoms with Crippen LogP contribution in [0.1, 0.15) is 12.5 Å². The lowest BCUT2D eigenvalue weighted by Crippen LogP contribution is -2.40. The molecule has 1 aromatic carbocycles. The lowest BCUT2D eigenvalue weighted by molar-refractivity contribution is -0.123. The molecule has 23 heavy (non-hydrogen) atoms. The number of rotatable bonds is 2. The van der Waals surface area contributed by atoms with Gasteiger partial charge in [-0.05, 0) is 36.1 Å². The van der Waals surface area contributed by atoms with Gasteiger partial charge >= 0.3 is 6.03 Å². The van der Waals surface area contributed by atoms with E-state index in [-0.39, 0.29) is 5.91 Å². The number of urea groups is 1. The quantitative estimate of drug-likeness (QED) is 0.709. The number of imide groups is 1. The number of nitrogens with zero attached hydrogens (tertiary/aromatic N) is 2. The number of hydrogen-bond acceptors (Lipinski definition) is 5. The molecule has 4 rings (SSSR count). The fourth-order valence-corrected chi connectivity index (χ4v) is 3.29. The maximum absolute atomic E-state index is 12.0. The van der Waals surface area contributed by atoms with E-state index in [1.165, 1.54) is 0 Å². The van der Waals surface area contributed by atoms with E-state index in [2.05, 4.69) is 20.6 Å². The van der Waals surface area contributed by atoms with Gasteiger partial charge in [0.15, 0.2) is 0 Å². The van der Waals surface area contributed by atoms with E-state index >= 15 is 0 Å². The van der Waals surface area contributed by atoms with Crippen LogP contribution in [0.2, 0.25) is 0 Å². The molecule has 6 nitrogen and oxygen atoms in total. The first-order valence-corrected chi connectivity index (χ1v) is 7.89. The van der Waals surface area contributed by atoms with Crippen LogP contribution in [0, 0.1) is 0 Å². The SMILES string of the molecule is CC1(c2ccc3nc(-c4cccs4)cnc3c2)NC(=O)NC1=O. The lowest BCUT2D eigenvalue weighted by atomic mass is 9.92. The molecule has 7 heteroatoms. The highest BCUT2D eigenvalue weighted by Crippen LogP contribution is 2.28. The van der Waals surface area contributed by atoms with Crippen molar-refractivity contribution in [1.82, 2.24) is 20.6 Å². The molecule has 3 aromatic rings. The molecule has 1 saturated heterocycles. The number of fused-ring (bicyclic) bond motifs is 1. The third kappa shape index (κ3) is 2.17. The van der Waals surface area contributed by atoms with E-state index in [9.17, 15) is 9.59 Å². The first kappa shape index (κ1) is 13.8. The molecule has 2 N–H and O–H groups in total. The Morgan fingerprint density at radius 3 is 2.74 bits per heavy atom. The van der Waals surface area contributed by atoms with Gasteiger partial charge < -0.3 is 5.32 Å². The van der Waals surface area contributed by atoms with Crippen LogP contribution in [0.25, 0.3) is 21.6 Å². The Hall–Kier alpha value is -2.80. The summed E-state index contributed by atoms with van der Waals surface area (Å²) in [6.45, 7) is 1.67. The van der Waals surface area contributed by atoms with Crippen molar-refractivity contribution in [1.29, 1.82) is 0 Å². The minimum atomic E-state index is -1.08. The smallest absolute Gasteiger partial charge is 0.320 e. The molecule has 0 bridgehead atoms. The highest BCUT2D eigenvalue weighted by atomic mass is 32.1. The zero-order valence-corrected chi connectivity index (χ0v) is 13.0. The third-order valence-electron chi connectivity index (χ3n) is 3.94. The molecule has 3 amide bonds. The van der Waals surface area contributed by atoms with Crippen LogP contribution in [0.4, 0.5) is 4.79 Å². The molecular formula is C16H12N4O2S. The molecule has 1 aliphatic heterocycles. The van der Waals surface area contributed by atoms with Crippen LogP contribution in [0.5, 0.6) is 0 Å².